The standard InChI is InChI=1S/C35H39Cl4N5O4/c1-3-4-5-6-9-16-26(20-19-23(2)36)40-34(46)43(27-17-12-8-13-18-27)32-31(48-35(47)41-25-14-10-7-11-15-25)33(45)44(42-32)30-28(38)21-24(37)22-29(30)39/h7-8,10-15,17-18,21-23,26,42H,3-6,9,16,19-20H2,1-2H3,(H,40,46)(H,41,47). The van der Waals surface area contributed by atoms with Crippen molar-refractivity contribution in [3.63, 3.8) is 0 Å². The van der Waals surface area contributed by atoms with E-state index in [1.807, 2.05) is 6.92 Å². The van der Waals surface area contributed by atoms with E-state index in [0.717, 1.165) is 43.2 Å². The molecule has 4 rings (SSSR count). The van der Waals surface area contributed by atoms with E-state index in [2.05, 4.69) is 22.7 Å². The lowest BCUT2D eigenvalue weighted by Gasteiger charge is -2.26. The van der Waals surface area contributed by atoms with E-state index < -0.39 is 23.4 Å². The molecule has 0 aliphatic rings. The minimum absolute atomic E-state index is 0.0525. The summed E-state index contributed by atoms with van der Waals surface area (Å²) in [5, 5.41) is 8.98. The van der Waals surface area contributed by atoms with Crippen LogP contribution in [-0.4, -0.2) is 33.3 Å². The second-order valence-electron chi connectivity index (χ2n) is 11.4. The summed E-state index contributed by atoms with van der Waals surface area (Å²) in [6.07, 6.45) is 6.54. The predicted molar refractivity (Wildman–Crippen MR) is 196 cm³/mol. The number of benzene rings is 3. The number of alkyl halides is 1. The molecule has 48 heavy (non-hydrogen) atoms. The number of amides is 3. The lowest BCUT2D eigenvalue weighted by Crippen LogP contribution is -2.43. The third-order valence-corrected chi connectivity index (χ3v) is 8.60. The number of hydrogen-bond donors (Lipinski definition) is 3. The van der Waals surface area contributed by atoms with E-state index in [0.29, 0.717) is 24.2 Å². The number of aromatic nitrogens is 2. The maximum atomic E-state index is 14.3. The van der Waals surface area contributed by atoms with Gasteiger partial charge in [0.2, 0.25) is 5.75 Å². The molecule has 13 heteroatoms. The van der Waals surface area contributed by atoms with Crippen LogP contribution in [0, 0.1) is 0 Å². The molecule has 0 radical (unpaired) electrons. The van der Waals surface area contributed by atoms with Crippen molar-refractivity contribution in [3.05, 3.63) is 98.2 Å². The quantitative estimate of drug-likeness (QED) is 0.0834. The second-order valence-corrected chi connectivity index (χ2v) is 13.4. The minimum atomic E-state index is -0.950. The highest BCUT2D eigenvalue weighted by atomic mass is 35.5. The number of aromatic amines is 1. The van der Waals surface area contributed by atoms with Gasteiger partial charge < -0.3 is 10.1 Å². The summed E-state index contributed by atoms with van der Waals surface area (Å²) in [6, 6.07) is 19.4. The van der Waals surface area contributed by atoms with Crippen molar-refractivity contribution in [1.29, 1.82) is 0 Å². The Morgan fingerprint density at radius 1 is 0.896 bits per heavy atom. The van der Waals surface area contributed by atoms with Gasteiger partial charge in [-0.1, -0.05) is 110 Å². The van der Waals surface area contributed by atoms with Gasteiger partial charge >= 0.3 is 17.7 Å². The average Bonchev–Trinajstić information content (AvgIpc) is 3.34. The number of urea groups is 1. The largest absolute Gasteiger partial charge is 0.417 e. The Balaban J connectivity index is 1.79. The summed E-state index contributed by atoms with van der Waals surface area (Å²) < 4.78 is 6.68. The molecule has 1 aromatic heterocycles. The number of anilines is 3. The van der Waals surface area contributed by atoms with Gasteiger partial charge in [-0.2, -0.15) is 0 Å². The number of rotatable bonds is 15. The van der Waals surface area contributed by atoms with E-state index in [9.17, 15) is 14.4 Å². The summed E-state index contributed by atoms with van der Waals surface area (Å²) in [7, 11) is 0. The van der Waals surface area contributed by atoms with Crippen LogP contribution >= 0.6 is 46.4 Å². The van der Waals surface area contributed by atoms with E-state index in [1.54, 1.807) is 60.7 Å². The van der Waals surface area contributed by atoms with Gasteiger partial charge in [0, 0.05) is 22.1 Å². The third kappa shape index (κ3) is 10.2. The Labute approximate surface area is 300 Å². The van der Waals surface area contributed by atoms with Crippen molar-refractivity contribution in [3.8, 4) is 11.4 Å². The molecule has 9 nitrogen and oxygen atoms in total. The lowest BCUT2D eigenvalue weighted by molar-refractivity contribution is 0.214. The molecular formula is C35H39Cl4N5O4. The molecule has 0 bridgehead atoms. The molecule has 0 fully saturated rings. The van der Waals surface area contributed by atoms with Gasteiger partial charge in [0.1, 0.15) is 5.69 Å². The zero-order valence-corrected chi connectivity index (χ0v) is 29.8. The fraction of sp³-hybridized carbons (Fsp3) is 0.343. The lowest BCUT2D eigenvalue weighted by atomic mass is 10.0. The number of halogens is 4. The SMILES string of the molecule is CCCCCCCC(CCC(C)Cl)NC(=O)N(c1ccccc1)c1[nH]n(-c2c(Cl)cc(Cl)cc2Cl)c(=O)c1OC(=O)Nc1ccccc1. The molecule has 0 saturated heterocycles. The Morgan fingerprint density at radius 2 is 1.52 bits per heavy atom. The molecular weight excluding hydrogens is 696 g/mol. The van der Waals surface area contributed by atoms with E-state index in [-0.39, 0.29) is 38.0 Å². The number of H-pyrrole nitrogens is 1. The van der Waals surface area contributed by atoms with Gasteiger partial charge in [-0.15, -0.1) is 11.6 Å². The van der Waals surface area contributed by atoms with Gasteiger partial charge in [-0.05, 0) is 62.6 Å². The van der Waals surface area contributed by atoms with Crippen LogP contribution in [0.25, 0.3) is 5.69 Å². The molecule has 4 aromatic rings. The first-order chi connectivity index (χ1) is 23.1. The molecule has 0 aliphatic carbocycles. The summed E-state index contributed by atoms with van der Waals surface area (Å²) in [5.41, 5.74) is 0.0763. The van der Waals surface area contributed by atoms with Crippen LogP contribution in [0.2, 0.25) is 15.1 Å². The predicted octanol–water partition coefficient (Wildman–Crippen LogP) is 10.7. The van der Waals surface area contributed by atoms with Crippen LogP contribution in [0.15, 0.2) is 77.6 Å². The van der Waals surface area contributed by atoms with Gasteiger partial charge in [0.05, 0.1) is 15.7 Å². The fourth-order valence-corrected chi connectivity index (χ4v) is 6.31. The summed E-state index contributed by atoms with van der Waals surface area (Å²) in [6.45, 7) is 4.08. The molecule has 0 spiro atoms. The number of ether oxygens (including phenoxy) is 1. The zero-order valence-electron chi connectivity index (χ0n) is 26.8. The van der Waals surface area contributed by atoms with Crippen LogP contribution in [-0.2, 0) is 0 Å². The number of para-hydroxylation sites is 2. The molecule has 3 aromatic carbocycles. The highest BCUT2D eigenvalue weighted by molar-refractivity contribution is 6.40. The molecule has 256 valence electrons. The Morgan fingerprint density at radius 3 is 2.15 bits per heavy atom. The Hall–Kier alpha value is -3.63. The maximum Gasteiger partial charge on any atom is 0.417 e. The van der Waals surface area contributed by atoms with Crippen LogP contribution < -0.4 is 25.8 Å². The molecule has 3 amide bonds. The average molecular weight is 736 g/mol. The van der Waals surface area contributed by atoms with E-state index in [1.165, 1.54) is 17.0 Å². The molecule has 2 atom stereocenters. The normalized spacial score (nSPS) is 12.3. The first-order valence-corrected chi connectivity index (χ1v) is 17.5. The highest BCUT2D eigenvalue weighted by Gasteiger charge is 2.31. The van der Waals surface area contributed by atoms with Crippen molar-refractivity contribution < 1.29 is 14.3 Å². The van der Waals surface area contributed by atoms with Gasteiger partial charge in [-0.3, -0.25) is 15.2 Å². The summed E-state index contributed by atoms with van der Waals surface area (Å²) in [4.78, 5) is 42.8. The number of nitrogens with one attached hydrogen (secondary N) is 3. The van der Waals surface area contributed by atoms with Crippen LogP contribution in [0.3, 0.4) is 0 Å². The first kappa shape index (κ1) is 37.2. The second kappa shape index (κ2) is 18.2. The molecule has 1 heterocycles. The topological polar surface area (TPSA) is 108 Å². The van der Waals surface area contributed by atoms with Crippen LogP contribution in [0.4, 0.5) is 26.8 Å². The fourth-order valence-electron chi connectivity index (χ4n) is 5.19. The summed E-state index contributed by atoms with van der Waals surface area (Å²) >= 11 is 25.5. The van der Waals surface area contributed by atoms with Crippen molar-refractivity contribution in [1.82, 2.24) is 15.1 Å². The van der Waals surface area contributed by atoms with Crippen molar-refractivity contribution in [2.75, 3.05) is 10.2 Å². The smallest absolute Gasteiger partial charge is 0.400 e. The van der Waals surface area contributed by atoms with Gasteiger partial charge in [0.15, 0.2) is 5.82 Å². The highest BCUT2D eigenvalue weighted by Crippen LogP contribution is 2.36. The number of hydrogen-bond acceptors (Lipinski definition) is 4. The van der Waals surface area contributed by atoms with Gasteiger partial charge in [0.25, 0.3) is 0 Å². The van der Waals surface area contributed by atoms with E-state index >= 15 is 0 Å². The number of carbonyl (C=O) groups is 2. The number of nitrogens with zero attached hydrogens (tertiary/aromatic N) is 2. The Bertz CT molecular complexity index is 1690. The first-order valence-electron chi connectivity index (χ1n) is 15.9. The monoisotopic (exact) mass is 733 g/mol. The maximum absolute atomic E-state index is 14.3. The van der Waals surface area contributed by atoms with Crippen molar-refractivity contribution >= 4 is 75.7 Å². The summed E-state index contributed by atoms with van der Waals surface area (Å²) in [5.74, 6) is -0.587. The minimum Gasteiger partial charge on any atom is -0.400 e. The molecule has 0 saturated carbocycles. The Kier molecular flexibility index (Phi) is 14.1. The van der Waals surface area contributed by atoms with Crippen LogP contribution in [0.1, 0.15) is 65.2 Å². The zero-order chi connectivity index (χ0) is 34.6. The molecule has 2 unspecified atom stereocenters. The van der Waals surface area contributed by atoms with Crippen LogP contribution in [0.5, 0.6) is 5.75 Å². The third-order valence-electron chi connectivity index (χ3n) is 7.59. The number of unbranched alkanes of at least 4 members (excludes halogenated alkanes) is 4. The molecule has 3 N–H and O–H groups in total. The van der Waals surface area contributed by atoms with Crippen molar-refractivity contribution in [2.45, 2.75) is 76.6 Å². The number of carbonyl (C=O) groups excluding carboxylic acids is 2. The molecule has 0 aliphatic heterocycles. The van der Waals surface area contributed by atoms with E-state index in [4.69, 9.17) is 51.1 Å². The van der Waals surface area contributed by atoms with Gasteiger partial charge in [-0.25, -0.2) is 19.2 Å². The van der Waals surface area contributed by atoms with Crippen molar-refractivity contribution in [2.24, 2.45) is 0 Å².